The second-order valence-electron chi connectivity index (χ2n) is 8.78. The van der Waals surface area contributed by atoms with Crippen molar-refractivity contribution in [3.63, 3.8) is 0 Å². The van der Waals surface area contributed by atoms with Crippen molar-refractivity contribution in [2.24, 2.45) is 0 Å². The van der Waals surface area contributed by atoms with Gasteiger partial charge in [-0.15, -0.1) is 0 Å². The molecule has 0 fully saturated rings. The van der Waals surface area contributed by atoms with E-state index in [1.54, 1.807) is 12.1 Å². The number of rotatable bonds is 12. The van der Waals surface area contributed by atoms with Gasteiger partial charge in [0.05, 0.1) is 19.1 Å². The van der Waals surface area contributed by atoms with Crippen LogP contribution in [0.3, 0.4) is 0 Å². The van der Waals surface area contributed by atoms with E-state index in [-0.39, 0.29) is 29.9 Å². The Balaban J connectivity index is 2.53. The Labute approximate surface area is 219 Å². The predicted molar refractivity (Wildman–Crippen MR) is 144 cm³/mol. The van der Waals surface area contributed by atoms with Crippen LogP contribution in [-0.2, 0) is 26.2 Å². The van der Waals surface area contributed by atoms with Gasteiger partial charge >= 0.3 is 0 Å². The summed E-state index contributed by atoms with van der Waals surface area (Å²) in [5.74, 6) is -0.540. The van der Waals surface area contributed by atoms with E-state index >= 15 is 0 Å². The molecule has 2 aromatic rings. The van der Waals surface area contributed by atoms with Gasteiger partial charge in [-0.2, -0.15) is 0 Å². The van der Waals surface area contributed by atoms with E-state index in [9.17, 15) is 18.0 Å². The Hall–Kier alpha value is -2.78. The normalized spacial score (nSPS) is 13.0. The first-order valence-corrected chi connectivity index (χ1v) is 14.1. The summed E-state index contributed by atoms with van der Waals surface area (Å²) < 4.78 is 31.9. The third kappa shape index (κ3) is 7.61. The highest BCUT2D eigenvalue weighted by atomic mass is 35.5. The second kappa shape index (κ2) is 13.0. The zero-order valence-corrected chi connectivity index (χ0v) is 23.3. The minimum Gasteiger partial charge on any atom is -0.495 e. The number of carbonyl (C=O) groups excluding carboxylic acids is 2. The van der Waals surface area contributed by atoms with Crippen LogP contribution >= 0.6 is 11.6 Å². The van der Waals surface area contributed by atoms with Crippen molar-refractivity contribution in [3.05, 3.63) is 58.6 Å². The maximum Gasteiger partial charge on any atom is 0.244 e. The van der Waals surface area contributed by atoms with E-state index in [0.29, 0.717) is 11.4 Å². The van der Waals surface area contributed by atoms with Crippen molar-refractivity contribution in [3.8, 4) is 5.75 Å². The van der Waals surface area contributed by atoms with E-state index in [0.717, 1.165) is 28.1 Å². The largest absolute Gasteiger partial charge is 0.495 e. The minimum absolute atomic E-state index is 0.0646. The molecule has 0 unspecified atom stereocenters. The Morgan fingerprint density at radius 3 is 2.33 bits per heavy atom. The molecular formula is C26H36ClN3O5S. The molecule has 36 heavy (non-hydrogen) atoms. The molecular weight excluding hydrogens is 502 g/mol. The molecule has 0 spiro atoms. The highest BCUT2D eigenvalue weighted by Crippen LogP contribution is 2.33. The zero-order valence-electron chi connectivity index (χ0n) is 21.7. The molecule has 1 N–H and O–H groups in total. The van der Waals surface area contributed by atoms with Crippen LogP contribution in [0.5, 0.6) is 5.75 Å². The number of methoxy groups -OCH3 is 1. The Morgan fingerprint density at radius 1 is 1.11 bits per heavy atom. The fourth-order valence-corrected chi connectivity index (χ4v) is 4.80. The first kappa shape index (κ1) is 29.5. The lowest BCUT2D eigenvalue weighted by Gasteiger charge is -2.34. The summed E-state index contributed by atoms with van der Waals surface area (Å²) in [5.41, 5.74) is 1.98. The molecule has 0 bridgehead atoms. The molecule has 2 aromatic carbocycles. The Morgan fingerprint density at radius 2 is 1.78 bits per heavy atom. The van der Waals surface area contributed by atoms with Gasteiger partial charge in [0.25, 0.3) is 0 Å². The van der Waals surface area contributed by atoms with Crippen molar-refractivity contribution in [2.45, 2.75) is 59.2 Å². The maximum absolute atomic E-state index is 13.8. The fraction of sp³-hybridized carbons (Fsp3) is 0.462. The third-order valence-electron chi connectivity index (χ3n) is 6.08. The van der Waals surface area contributed by atoms with Gasteiger partial charge in [-0.05, 0) is 56.0 Å². The van der Waals surface area contributed by atoms with Crippen LogP contribution in [0.2, 0.25) is 5.02 Å². The fourth-order valence-electron chi connectivity index (χ4n) is 3.78. The standard InChI is InChI=1S/C26H36ClN3O5S/c1-7-19(4)28-26(32)22(8-2)29(16-20-12-10-9-11-18(20)3)25(31)17-30(36(6,33)34)23-15-21(27)13-14-24(23)35-5/h9-15,19,22H,7-8,16-17H2,1-6H3,(H,28,32)/t19-,22+/m0/s1. The first-order valence-electron chi connectivity index (χ1n) is 11.9. The Bertz CT molecular complexity index is 1170. The summed E-state index contributed by atoms with van der Waals surface area (Å²) in [6, 6.07) is 11.3. The molecule has 2 rings (SSSR count). The van der Waals surface area contributed by atoms with Gasteiger partial charge in [-0.1, -0.05) is 49.7 Å². The van der Waals surface area contributed by atoms with Crippen molar-refractivity contribution >= 4 is 39.1 Å². The molecule has 0 aliphatic rings. The average Bonchev–Trinajstić information content (AvgIpc) is 2.82. The van der Waals surface area contributed by atoms with Crippen molar-refractivity contribution < 1.29 is 22.7 Å². The number of ether oxygens (including phenoxy) is 1. The van der Waals surface area contributed by atoms with E-state index in [4.69, 9.17) is 16.3 Å². The van der Waals surface area contributed by atoms with Crippen LogP contribution in [0.15, 0.2) is 42.5 Å². The van der Waals surface area contributed by atoms with Gasteiger partial charge in [0.2, 0.25) is 21.8 Å². The number of benzene rings is 2. The molecule has 2 atom stereocenters. The lowest BCUT2D eigenvalue weighted by molar-refractivity contribution is -0.140. The number of amides is 2. The van der Waals surface area contributed by atoms with Crippen LogP contribution in [0, 0.1) is 6.92 Å². The van der Waals surface area contributed by atoms with E-state index in [1.165, 1.54) is 18.1 Å². The molecule has 0 saturated carbocycles. The van der Waals surface area contributed by atoms with Gasteiger partial charge < -0.3 is 15.0 Å². The minimum atomic E-state index is -3.91. The zero-order chi connectivity index (χ0) is 27.0. The monoisotopic (exact) mass is 537 g/mol. The average molecular weight is 538 g/mol. The van der Waals surface area contributed by atoms with Gasteiger partial charge in [0.1, 0.15) is 18.3 Å². The van der Waals surface area contributed by atoms with Gasteiger partial charge in [0, 0.05) is 17.6 Å². The van der Waals surface area contributed by atoms with Crippen molar-refractivity contribution in [1.29, 1.82) is 0 Å². The highest BCUT2D eigenvalue weighted by Gasteiger charge is 2.33. The number of nitrogens with zero attached hydrogens (tertiary/aromatic N) is 2. The van der Waals surface area contributed by atoms with Gasteiger partial charge in [-0.25, -0.2) is 8.42 Å². The number of aryl methyl sites for hydroxylation is 1. The molecule has 0 aliphatic heterocycles. The smallest absolute Gasteiger partial charge is 0.244 e. The second-order valence-corrected chi connectivity index (χ2v) is 11.1. The highest BCUT2D eigenvalue weighted by molar-refractivity contribution is 7.92. The molecule has 0 heterocycles. The van der Waals surface area contributed by atoms with Crippen molar-refractivity contribution in [2.75, 3.05) is 24.2 Å². The van der Waals surface area contributed by atoms with Crippen LogP contribution in [-0.4, -0.2) is 57.1 Å². The molecule has 0 radical (unpaired) electrons. The summed E-state index contributed by atoms with van der Waals surface area (Å²) in [4.78, 5) is 28.4. The molecule has 10 heteroatoms. The number of hydrogen-bond acceptors (Lipinski definition) is 5. The van der Waals surface area contributed by atoms with Gasteiger partial charge in [-0.3, -0.25) is 13.9 Å². The van der Waals surface area contributed by atoms with Crippen LogP contribution < -0.4 is 14.4 Å². The molecule has 0 aromatic heterocycles. The quantitative estimate of drug-likeness (QED) is 0.439. The number of anilines is 1. The van der Waals surface area contributed by atoms with Crippen LogP contribution in [0.1, 0.15) is 44.7 Å². The third-order valence-corrected chi connectivity index (χ3v) is 7.44. The molecule has 8 nitrogen and oxygen atoms in total. The number of nitrogens with one attached hydrogen (secondary N) is 1. The predicted octanol–water partition coefficient (Wildman–Crippen LogP) is 4.15. The van der Waals surface area contributed by atoms with Crippen molar-refractivity contribution in [1.82, 2.24) is 10.2 Å². The summed E-state index contributed by atoms with van der Waals surface area (Å²) in [6.07, 6.45) is 2.11. The van der Waals surface area contributed by atoms with E-state index in [1.807, 2.05) is 52.0 Å². The molecule has 0 saturated heterocycles. The van der Waals surface area contributed by atoms with Gasteiger partial charge in [0.15, 0.2) is 0 Å². The summed E-state index contributed by atoms with van der Waals surface area (Å²) in [7, 11) is -2.50. The molecule has 2 amide bonds. The SMILES string of the molecule is CC[C@H](C(=O)N[C@@H](C)CC)N(Cc1ccccc1C)C(=O)CN(c1cc(Cl)ccc1OC)S(C)(=O)=O. The maximum atomic E-state index is 13.8. The van der Waals surface area contributed by atoms with E-state index in [2.05, 4.69) is 5.32 Å². The summed E-state index contributed by atoms with van der Waals surface area (Å²) in [5, 5.41) is 3.25. The topological polar surface area (TPSA) is 96.0 Å². The van der Waals surface area contributed by atoms with E-state index < -0.39 is 28.5 Å². The Kier molecular flexibility index (Phi) is 10.6. The molecule has 0 aliphatic carbocycles. The lowest BCUT2D eigenvalue weighted by atomic mass is 10.1. The summed E-state index contributed by atoms with van der Waals surface area (Å²) >= 11 is 6.14. The number of hydrogen-bond donors (Lipinski definition) is 1. The molecule has 198 valence electrons. The van der Waals surface area contributed by atoms with Crippen LogP contribution in [0.4, 0.5) is 5.69 Å². The first-order chi connectivity index (χ1) is 16.9. The van der Waals surface area contributed by atoms with Crippen LogP contribution in [0.25, 0.3) is 0 Å². The number of sulfonamides is 1. The summed E-state index contributed by atoms with van der Waals surface area (Å²) in [6.45, 7) is 7.25. The lowest BCUT2D eigenvalue weighted by Crippen LogP contribution is -2.53. The number of carbonyl (C=O) groups is 2. The number of halogens is 1.